The number of primary amides is 1. The number of amides is 1. The molecule has 1 unspecified atom stereocenters. The van der Waals surface area contributed by atoms with Crippen molar-refractivity contribution >= 4 is 39.3 Å². The Hall–Kier alpha value is -4.28. The maximum absolute atomic E-state index is 14.4. The molecule has 5 N–H and O–H groups in total. The lowest BCUT2D eigenvalue weighted by Crippen LogP contribution is -2.35. The third-order valence-electron chi connectivity index (χ3n) is 8.42. The molecule has 1 amide bonds. The second-order valence-electron chi connectivity index (χ2n) is 11.4. The quantitative estimate of drug-likeness (QED) is 0.232. The number of H-pyrrole nitrogens is 2. The van der Waals surface area contributed by atoms with Gasteiger partial charge in [-0.15, -0.1) is 0 Å². The monoisotopic (exact) mass is 592 g/mol. The van der Waals surface area contributed by atoms with Crippen LogP contribution in [0.1, 0.15) is 47.4 Å². The first-order chi connectivity index (χ1) is 19.8. The molecule has 11 heteroatoms. The van der Waals surface area contributed by atoms with E-state index < -0.39 is 34.4 Å². The molecule has 6 rings (SSSR count). The molecule has 216 valence electrons. The van der Waals surface area contributed by atoms with Gasteiger partial charge in [0.25, 0.3) is 11.5 Å². The number of nitrogens with zero attached hydrogens (tertiary/aromatic N) is 1. The summed E-state index contributed by atoms with van der Waals surface area (Å²) in [5, 5.41) is 11.3. The van der Waals surface area contributed by atoms with Gasteiger partial charge in [0.15, 0.2) is 5.82 Å². The number of aromatic nitrogens is 3. The lowest BCUT2D eigenvalue weighted by atomic mass is 9.77. The summed E-state index contributed by atoms with van der Waals surface area (Å²) in [5.41, 5.74) is 7.07. The fourth-order valence-corrected chi connectivity index (χ4v) is 6.54. The first-order valence-electron chi connectivity index (χ1n) is 13.4. The van der Waals surface area contributed by atoms with Gasteiger partial charge in [-0.3, -0.25) is 9.59 Å². The number of carbonyl (C=O) groups excluding carboxylic acids is 1. The first-order valence-corrected chi connectivity index (χ1v) is 13.8. The normalized spacial score (nSPS) is 15.4. The Labute approximate surface area is 242 Å². The summed E-state index contributed by atoms with van der Waals surface area (Å²) in [6, 6.07) is 7.95. The minimum absolute atomic E-state index is 0.0137. The molecule has 42 heavy (non-hydrogen) atoms. The molecule has 0 aliphatic heterocycles. The largest absolute Gasteiger partial charge is 0.390 e. The number of hydrogen-bond donors (Lipinski definition) is 4. The van der Waals surface area contributed by atoms with Crippen LogP contribution in [0.2, 0.25) is 5.02 Å². The molecule has 1 atom stereocenters. The molecule has 3 aromatic carbocycles. The summed E-state index contributed by atoms with van der Waals surface area (Å²) < 4.78 is 29.2. The molecule has 8 nitrogen and oxygen atoms in total. The number of hydrogen-bond acceptors (Lipinski definition) is 4. The molecule has 0 spiro atoms. The fraction of sp³-hybridized carbons (Fsp3) is 0.258. The SMILES string of the molecule is Cc1c(-c2c(Cl)cc(C(N)=O)c3[nH]c4c(c23)CCC(C(C)(C)O)C4)cccc1-n1c(=O)[nH]c2c(F)cc(F)cc2c1=O. The minimum Gasteiger partial charge on any atom is -0.390 e. The van der Waals surface area contributed by atoms with Gasteiger partial charge in [0.05, 0.1) is 33.3 Å². The van der Waals surface area contributed by atoms with Crippen molar-refractivity contribution < 1.29 is 18.7 Å². The van der Waals surface area contributed by atoms with Crippen LogP contribution in [-0.2, 0) is 12.8 Å². The highest BCUT2D eigenvalue weighted by molar-refractivity contribution is 6.36. The Bertz CT molecular complexity index is 2090. The third kappa shape index (κ3) is 4.24. The Morgan fingerprint density at radius 1 is 1.14 bits per heavy atom. The molecular formula is C31H27ClF2N4O4. The van der Waals surface area contributed by atoms with Gasteiger partial charge in [0.2, 0.25) is 0 Å². The van der Waals surface area contributed by atoms with Crippen LogP contribution < -0.4 is 17.0 Å². The molecule has 0 saturated carbocycles. The highest BCUT2D eigenvalue weighted by Crippen LogP contribution is 2.45. The Morgan fingerprint density at radius 2 is 1.88 bits per heavy atom. The van der Waals surface area contributed by atoms with Gasteiger partial charge in [0, 0.05) is 27.7 Å². The number of halogens is 3. The van der Waals surface area contributed by atoms with Crippen LogP contribution in [0.5, 0.6) is 0 Å². The second kappa shape index (κ2) is 9.64. The average molecular weight is 593 g/mol. The molecule has 0 fully saturated rings. The van der Waals surface area contributed by atoms with E-state index in [-0.39, 0.29) is 33.1 Å². The van der Waals surface area contributed by atoms with Gasteiger partial charge in [0.1, 0.15) is 5.82 Å². The van der Waals surface area contributed by atoms with Crippen molar-refractivity contribution in [2.75, 3.05) is 0 Å². The van der Waals surface area contributed by atoms with Crippen molar-refractivity contribution in [3.8, 4) is 16.8 Å². The number of benzene rings is 3. The molecule has 1 aliphatic carbocycles. The maximum atomic E-state index is 14.4. The van der Waals surface area contributed by atoms with Crippen LogP contribution in [-0.4, -0.2) is 31.1 Å². The van der Waals surface area contributed by atoms with E-state index in [4.69, 9.17) is 17.3 Å². The van der Waals surface area contributed by atoms with E-state index in [2.05, 4.69) is 9.97 Å². The van der Waals surface area contributed by atoms with E-state index in [1.807, 2.05) is 0 Å². The van der Waals surface area contributed by atoms with Crippen molar-refractivity contribution in [1.29, 1.82) is 0 Å². The Balaban J connectivity index is 1.63. The summed E-state index contributed by atoms with van der Waals surface area (Å²) in [4.78, 5) is 44.7. The van der Waals surface area contributed by atoms with E-state index in [1.54, 1.807) is 39.0 Å². The minimum atomic E-state index is -1.05. The van der Waals surface area contributed by atoms with Gasteiger partial charge >= 0.3 is 5.69 Å². The highest BCUT2D eigenvalue weighted by Gasteiger charge is 2.34. The van der Waals surface area contributed by atoms with Gasteiger partial charge < -0.3 is 20.8 Å². The number of fused-ring (bicyclic) bond motifs is 4. The average Bonchev–Trinajstić information content (AvgIpc) is 3.28. The number of aryl methyl sites for hydroxylation is 1. The number of nitrogens with two attached hydrogens (primary N) is 1. The molecule has 1 aliphatic rings. The van der Waals surface area contributed by atoms with Crippen molar-refractivity contribution in [2.45, 2.75) is 45.6 Å². The lowest BCUT2D eigenvalue weighted by molar-refractivity contribution is 0.0107. The molecular weight excluding hydrogens is 566 g/mol. The van der Waals surface area contributed by atoms with E-state index >= 15 is 0 Å². The smallest absolute Gasteiger partial charge is 0.333 e. The standard InChI is InChI=1S/C31H27ClF2N4O4/c1-13-16(5-4-6-23(13)38-29(40)19-10-15(33)11-21(34)26(19)37-30(38)41)24-20(32)12-18(28(35)39)27-25(24)17-8-7-14(31(2,3)42)9-22(17)36-27/h4-6,10-12,14,36,42H,7-9H2,1-3H3,(H2,35,39)(H,37,41). The number of rotatable bonds is 4. The lowest BCUT2D eigenvalue weighted by Gasteiger charge is -2.32. The summed E-state index contributed by atoms with van der Waals surface area (Å²) in [5.74, 6) is -2.68. The van der Waals surface area contributed by atoms with Gasteiger partial charge in [-0.25, -0.2) is 18.1 Å². The van der Waals surface area contributed by atoms with Crippen LogP contribution in [0.25, 0.3) is 38.6 Å². The topological polar surface area (TPSA) is 134 Å². The summed E-state index contributed by atoms with van der Waals surface area (Å²) >= 11 is 6.85. The molecule has 2 aromatic heterocycles. The Kier molecular flexibility index (Phi) is 6.40. The number of carbonyl (C=O) groups is 1. The summed E-state index contributed by atoms with van der Waals surface area (Å²) in [6.45, 7) is 5.26. The van der Waals surface area contributed by atoms with Crippen molar-refractivity contribution in [3.05, 3.63) is 96.3 Å². The predicted octanol–water partition coefficient (Wildman–Crippen LogP) is 5.04. The van der Waals surface area contributed by atoms with E-state index in [1.165, 1.54) is 6.07 Å². The fourth-order valence-electron chi connectivity index (χ4n) is 6.24. The van der Waals surface area contributed by atoms with Crippen LogP contribution in [0.4, 0.5) is 8.78 Å². The number of nitrogens with one attached hydrogen (secondary N) is 2. The molecule has 0 bridgehead atoms. The summed E-state index contributed by atoms with van der Waals surface area (Å²) in [7, 11) is 0. The molecule has 0 radical (unpaired) electrons. The molecule has 0 saturated heterocycles. The van der Waals surface area contributed by atoms with E-state index in [9.17, 15) is 28.3 Å². The van der Waals surface area contributed by atoms with Crippen molar-refractivity contribution in [2.24, 2.45) is 11.7 Å². The van der Waals surface area contributed by atoms with Crippen LogP contribution in [0.3, 0.4) is 0 Å². The Morgan fingerprint density at radius 3 is 2.57 bits per heavy atom. The predicted molar refractivity (Wildman–Crippen MR) is 157 cm³/mol. The first kappa shape index (κ1) is 27.9. The second-order valence-corrected chi connectivity index (χ2v) is 11.8. The van der Waals surface area contributed by atoms with Crippen LogP contribution in [0.15, 0.2) is 46.0 Å². The van der Waals surface area contributed by atoms with Crippen LogP contribution in [0, 0.1) is 24.5 Å². The van der Waals surface area contributed by atoms with Crippen LogP contribution >= 0.6 is 11.6 Å². The molecule has 5 aromatic rings. The zero-order valence-corrected chi connectivity index (χ0v) is 23.7. The zero-order valence-electron chi connectivity index (χ0n) is 23.0. The van der Waals surface area contributed by atoms with Gasteiger partial charge in [-0.05, 0) is 80.8 Å². The van der Waals surface area contributed by atoms with E-state index in [0.29, 0.717) is 52.9 Å². The van der Waals surface area contributed by atoms with E-state index in [0.717, 1.165) is 21.9 Å². The van der Waals surface area contributed by atoms with Gasteiger partial charge in [-0.1, -0.05) is 23.7 Å². The third-order valence-corrected chi connectivity index (χ3v) is 8.72. The molecule has 2 heterocycles. The number of aliphatic hydroxyl groups is 1. The van der Waals surface area contributed by atoms with Crippen molar-refractivity contribution in [1.82, 2.24) is 14.5 Å². The highest BCUT2D eigenvalue weighted by atomic mass is 35.5. The zero-order chi connectivity index (χ0) is 30.2. The van der Waals surface area contributed by atoms with Gasteiger partial charge in [-0.2, -0.15) is 0 Å². The summed E-state index contributed by atoms with van der Waals surface area (Å²) in [6.07, 6.45) is 1.86. The number of aromatic amines is 2. The van der Waals surface area contributed by atoms with Crippen molar-refractivity contribution in [3.63, 3.8) is 0 Å². The maximum Gasteiger partial charge on any atom is 0.333 e.